The second-order valence-electron chi connectivity index (χ2n) is 9.36. The molecule has 0 amide bonds. The lowest BCUT2D eigenvalue weighted by Crippen LogP contribution is -2.20. The summed E-state index contributed by atoms with van der Waals surface area (Å²) in [5.74, 6) is 0. The van der Waals surface area contributed by atoms with E-state index in [0.29, 0.717) is 0 Å². The Bertz CT molecular complexity index is 1860. The van der Waals surface area contributed by atoms with Gasteiger partial charge in [-0.2, -0.15) is 0 Å². The van der Waals surface area contributed by atoms with Gasteiger partial charge in [-0.15, -0.1) is 45.3 Å². The Labute approximate surface area is 227 Å². The normalized spacial score (nSPS) is 16.6. The molecular formula is C30H23OPS4. The molecule has 2 aromatic carbocycles. The second-order valence-corrected chi connectivity index (χ2v) is 17.0. The fraction of sp³-hybridized carbons (Fsp3) is 0.133. The SMILES string of the molecule is Cc1cc(-c2sc3c4c(sc3c2-c2cc(C)sc2C)-c2ccccc2P4(=O)c2ccccc2)c(C)s1. The van der Waals surface area contributed by atoms with Crippen molar-refractivity contribution >= 4 is 77.8 Å². The van der Waals surface area contributed by atoms with E-state index in [4.69, 9.17) is 0 Å². The third-order valence-electron chi connectivity index (χ3n) is 7.02. The highest BCUT2D eigenvalue weighted by molar-refractivity contribution is 7.88. The van der Waals surface area contributed by atoms with Gasteiger partial charge in [0, 0.05) is 56.6 Å². The number of benzene rings is 2. The molecule has 0 saturated heterocycles. The van der Waals surface area contributed by atoms with Crippen molar-refractivity contribution in [3.63, 3.8) is 0 Å². The zero-order chi connectivity index (χ0) is 24.8. The van der Waals surface area contributed by atoms with Crippen molar-refractivity contribution in [1.82, 2.24) is 0 Å². The van der Waals surface area contributed by atoms with E-state index in [1.807, 2.05) is 81.7 Å². The molecule has 0 fully saturated rings. The number of aryl methyl sites for hydroxylation is 4. The summed E-state index contributed by atoms with van der Waals surface area (Å²) in [6.07, 6.45) is 0. The van der Waals surface area contributed by atoms with Gasteiger partial charge >= 0.3 is 0 Å². The summed E-state index contributed by atoms with van der Waals surface area (Å²) < 4.78 is 17.8. The summed E-state index contributed by atoms with van der Waals surface area (Å²) in [5, 5.41) is 2.97. The quantitative estimate of drug-likeness (QED) is 0.198. The minimum absolute atomic E-state index is 0.928. The third-order valence-corrected chi connectivity index (χ3v) is 15.0. The molecule has 4 aromatic heterocycles. The maximum absolute atomic E-state index is 15.3. The van der Waals surface area contributed by atoms with Gasteiger partial charge in [0.2, 0.25) is 0 Å². The third kappa shape index (κ3) is 3.07. The largest absolute Gasteiger partial charge is 0.309 e. The lowest BCUT2D eigenvalue weighted by atomic mass is 10.0. The first-order valence-electron chi connectivity index (χ1n) is 11.9. The highest BCUT2D eigenvalue weighted by atomic mass is 32.1. The molecule has 36 heavy (non-hydrogen) atoms. The average molecular weight is 559 g/mol. The molecule has 1 aliphatic rings. The smallest absolute Gasteiger partial charge is 0.174 e. The van der Waals surface area contributed by atoms with Crippen LogP contribution in [0.2, 0.25) is 0 Å². The number of thiophene rings is 4. The van der Waals surface area contributed by atoms with Crippen LogP contribution in [0.1, 0.15) is 19.5 Å². The zero-order valence-electron chi connectivity index (χ0n) is 20.3. The fourth-order valence-electron chi connectivity index (χ4n) is 5.53. The Kier molecular flexibility index (Phi) is 5.16. The van der Waals surface area contributed by atoms with Gasteiger partial charge in [0.05, 0.1) is 14.7 Å². The number of hydrogen-bond donors (Lipinski definition) is 0. The van der Waals surface area contributed by atoms with E-state index in [0.717, 1.165) is 21.5 Å². The Hall–Kier alpha value is -2.27. The summed E-state index contributed by atoms with van der Waals surface area (Å²) >= 11 is 7.41. The molecule has 0 bridgehead atoms. The van der Waals surface area contributed by atoms with Gasteiger partial charge in [-0.1, -0.05) is 54.6 Å². The first kappa shape index (κ1) is 22.9. The van der Waals surface area contributed by atoms with Crippen molar-refractivity contribution in [3.05, 3.63) is 86.2 Å². The molecule has 1 aliphatic heterocycles. The molecule has 1 nitrogen and oxygen atoms in total. The monoisotopic (exact) mass is 558 g/mol. The lowest BCUT2D eigenvalue weighted by Gasteiger charge is -2.15. The molecular weight excluding hydrogens is 536 g/mol. The fourth-order valence-corrected chi connectivity index (χ4v) is 14.5. The summed E-state index contributed by atoms with van der Waals surface area (Å²) in [7, 11) is -2.98. The molecule has 6 heteroatoms. The van der Waals surface area contributed by atoms with Gasteiger partial charge in [0.1, 0.15) is 0 Å². The van der Waals surface area contributed by atoms with Crippen molar-refractivity contribution in [3.8, 4) is 32.0 Å². The van der Waals surface area contributed by atoms with Crippen LogP contribution in [0.3, 0.4) is 0 Å². The number of rotatable bonds is 3. The number of fused-ring (bicyclic) bond motifs is 5. The average Bonchev–Trinajstić information content (AvgIpc) is 3.63. The molecule has 0 radical (unpaired) electrons. The van der Waals surface area contributed by atoms with E-state index < -0.39 is 7.14 Å². The molecule has 1 atom stereocenters. The predicted octanol–water partition coefficient (Wildman–Crippen LogP) is 9.27. The molecule has 178 valence electrons. The molecule has 0 N–H and O–H groups in total. The first-order chi connectivity index (χ1) is 17.4. The van der Waals surface area contributed by atoms with Crippen molar-refractivity contribution < 1.29 is 4.57 Å². The van der Waals surface area contributed by atoms with Crippen LogP contribution in [-0.2, 0) is 4.57 Å². The van der Waals surface area contributed by atoms with Crippen molar-refractivity contribution in [2.24, 2.45) is 0 Å². The van der Waals surface area contributed by atoms with E-state index >= 15 is 4.57 Å². The summed E-state index contributed by atoms with van der Waals surface area (Å²) in [5.41, 5.74) is 5.11. The van der Waals surface area contributed by atoms with E-state index in [1.165, 1.54) is 55.4 Å². The Morgan fingerprint density at radius 1 is 0.611 bits per heavy atom. The zero-order valence-corrected chi connectivity index (χ0v) is 24.5. The Morgan fingerprint density at radius 2 is 1.22 bits per heavy atom. The predicted molar refractivity (Wildman–Crippen MR) is 164 cm³/mol. The van der Waals surface area contributed by atoms with Crippen LogP contribution in [0.4, 0.5) is 0 Å². The van der Waals surface area contributed by atoms with Gasteiger partial charge in [-0.25, -0.2) is 0 Å². The molecule has 0 saturated carbocycles. The van der Waals surface area contributed by atoms with Crippen LogP contribution in [0.15, 0.2) is 66.7 Å². The standard InChI is InChI=1S/C30H23OPS4/c1-16-14-22(18(3)33-16)25-27(23-15-17(2)34-19(23)4)35-30-26-28(36-29(25)30)21-12-8-9-13-24(21)32(26,31)20-10-6-5-7-11-20/h5-15H,1-4H3. The van der Waals surface area contributed by atoms with Crippen LogP contribution in [0.25, 0.3) is 41.4 Å². The van der Waals surface area contributed by atoms with Crippen LogP contribution in [0.5, 0.6) is 0 Å². The van der Waals surface area contributed by atoms with Crippen LogP contribution < -0.4 is 15.9 Å². The molecule has 0 aliphatic carbocycles. The highest BCUT2D eigenvalue weighted by Crippen LogP contribution is 2.61. The van der Waals surface area contributed by atoms with E-state index in [2.05, 4.69) is 58.0 Å². The van der Waals surface area contributed by atoms with Crippen molar-refractivity contribution in [1.29, 1.82) is 0 Å². The van der Waals surface area contributed by atoms with Crippen LogP contribution >= 0.6 is 52.5 Å². The lowest BCUT2D eigenvalue weighted by molar-refractivity contribution is 0.593. The van der Waals surface area contributed by atoms with Gasteiger partial charge in [0.25, 0.3) is 0 Å². The minimum Gasteiger partial charge on any atom is -0.309 e. The molecule has 6 aromatic rings. The van der Waals surface area contributed by atoms with Crippen LogP contribution in [-0.4, -0.2) is 0 Å². The second kappa shape index (κ2) is 8.11. The Morgan fingerprint density at radius 3 is 1.89 bits per heavy atom. The topological polar surface area (TPSA) is 17.1 Å². The maximum atomic E-state index is 15.3. The highest BCUT2D eigenvalue weighted by Gasteiger charge is 2.44. The van der Waals surface area contributed by atoms with Crippen LogP contribution in [0, 0.1) is 27.7 Å². The van der Waals surface area contributed by atoms with Crippen molar-refractivity contribution in [2.75, 3.05) is 0 Å². The van der Waals surface area contributed by atoms with E-state index in [9.17, 15) is 0 Å². The summed E-state index contributed by atoms with van der Waals surface area (Å²) in [6.45, 7) is 8.84. The summed E-state index contributed by atoms with van der Waals surface area (Å²) in [4.78, 5) is 7.86. The molecule has 5 heterocycles. The minimum atomic E-state index is -2.98. The Balaban J connectivity index is 1.63. The molecule has 7 rings (SSSR count). The first-order valence-corrected chi connectivity index (χ1v) is 16.9. The molecule has 0 spiro atoms. The van der Waals surface area contributed by atoms with Gasteiger partial charge in [0.15, 0.2) is 7.14 Å². The van der Waals surface area contributed by atoms with E-state index in [-0.39, 0.29) is 0 Å². The van der Waals surface area contributed by atoms with Gasteiger partial charge in [-0.05, 0) is 45.4 Å². The van der Waals surface area contributed by atoms with Crippen molar-refractivity contribution in [2.45, 2.75) is 27.7 Å². The molecule has 1 unspecified atom stereocenters. The maximum Gasteiger partial charge on any atom is 0.174 e. The van der Waals surface area contributed by atoms with Gasteiger partial charge < -0.3 is 4.57 Å². The number of hydrogen-bond acceptors (Lipinski definition) is 5. The summed E-state index contributed by atoms with van der Waals surface area (Å²) in [6, 6.07) is 23.1. The van der Waals surface area contributed by atoms with Gasteiger partial charge in [-0.3, -0.25) is 0 Å². The van der Waals surface area contributed by atoms with E-state index in [1.54, 1.807) is 0 Å².